The second-order valence-electron chi connectivity index (χ2n) is 6.45. The number of aryl methyl sites for hydroxylation is 1. The topological polar surface area (TPSA) is 42.2 Å². The largest absolute Gasteiger partial charge is 0.338 e. The van der Waals surface area contributed by atoms with Crippen molar-refractivity contribution in [2.75, 3.05) is 5.32 Å². The smallest absolute Gasteiger partial charge is 0.157 e. The first-order chi connectivity index (χ1) is 11.6. The minimum absolute atomic E-state index is 0.527. The van der Waals surface area contributed by atoms with Gasteiger partial charge in [-0.05, 0) is 48.2 Å². The molecule has 0 aliphatic heterocycles. The van der Waals surface area contributed by atoms with Crippen molar-refractivity contribution in [3.8, 4) is 0 Å². The van der Waals surface area contributed by atoms with Gasteiger partial charge in [0.15, 0.2) is 5.82 Å². The molecule has 0 unspecified atom stereocenters. The number of hydrogen-bond acceptors (Lipinski definition) is 3. The van der Waals surface area contributed by atoms with E-state index in [-0.39, 0.29) is 0 Å². The number of hydrogen-bond donors (Lipinski definition) is 1. The van der Waals surface area contributed by atoms with Gasteiger partial charge in [-0.2, -0.15) is 0 Å². The third-order valence-electron chi connectivity index (χ3n) is 4.41. The van der Waals surface area contributed by atoms with Crippen LogP contribution < -0.4 is 5.32 Å². The number of benzene rings is 2. The molecular formula is C20H20N4. The summed E-state index contributed by atoms with van der Waals surface area (Å²) in [5.41, 5.74) is 6.69. The Kier molecular flexibility index (Phi) is 3.45. The molecule has 2 aromatic heterocycles. The highest BCUT2D eigenvalue weighted by Crippen LogP contribution is 2.27. The van der Waals surface area contributed by atoms with Crippen molar-refractivity contribution < 1.29 is 0 Å². The number of anilines is 2. The summed E-state index contributed by atoms with van der Waals surface area (Å²) >= 11 is 0. The Balaban J connectivity index is 1.81. The minimum Gasteiger partial charge on any atom is -0.338 e. The average molecular weight is 316 g/mol. The van der Waals surface area contributed by atoms with Crippen LogP contribution in [-0.2, 0) is 0 Å². The fraction of sp³-hybridized carbons (Fsp3) is 0.200. The summed E-state index contributed by atoms with van der Waals surface area (Å²) in [7, 11) is 0. The molecule has 0 bridgehead atoms. The lowest BCUT2D eigenvalue weighted by Crippen LogP contribution is -2.00. The van der Waals surface area contributed by atoms with Crippen LogP contribution in [0.5, 0.6) is 0 Å². The number of nitrogens with one attached hydrogen (secondary N) is 1. The number of nitrogens with zero attached hydrogens (tertiary/aromatic N) is 3. The first-order valence-corrected chi connectivity index (χ1v) is 8.22. The standard InChI is InChI=1S/C20H20N4/c1-13(2)16-9-8-15(10-14(16)3)22-20-19-11-21-12-24(19)18-7-5-4-6-17(18)23-20/h4-13H,1-3H3,(H,22,23). The van der Waals surface area contributed by atoms with Crippen LogP contribution in [0.2, 0.25) is 0 Å². The fourth-order valence-electron chi connectivity index (χ4n) is 3.23. The van der Waals surface area contributed by atoms with Crippen molar-refractivity contribution in [1.29, 1.82) is 0 Å². The van der Waals surface area contributed by atoms with Gasteiger partial charge >= 0.3 is 0 Å². The van der Waals surface area contributed by atoms with Crippen LogP contribution in [-0.4, -0.2) is 14.4 Å². The molecule has 0 fully saturated rings. The van der Waals surface area contributed by atoms with Gasteiger partial charge in [0.25, 0.3) is 0 Å². The quantitative estimate of drug-likeness (QED) is 0.574. The summed E-state index contributed by atoms with van der Waals surface area (Å²) < 4.78 is 2.07. The molecule has 0 spiro atoms. The van der Waals surface area contributed by atoms with Crippen LogP contribution in [0.4, 0.5) is 11.5 Å². The summed E-state index contributed by atoms with van der Waals surface area (Å²) in [6.45, 7) is 6.59. The molecule has 4 nitrogen and oxygen atoms in total. The second-order valence-corrected chi connectivity index (χ2v) is 6.45. The van der Waals surface area contributed by atoms with Gasteiger partial charge in [0.1, 0.15) is 5.52 Å². The van der Waals surface area contributed by atoms with Crippen molar-refractivity contribution in [2.24, 2.45) is 0 Å². The summed E-state index contributed by atoms with van der Waals surface area (Å²) in [5, 5.41) is 3.46. The highest BCUT2D eigenvalue weighted by Gasteiger charge is 2.10. The molecule has 24 heavy (non-hydrogen) atoms. The maximum absolute atomic E-state index is 4.79. The predicted octanol–water partition coefficient (Wildman–Crippen LogP) is 5.06. The van der Waals surface area contributed by atoms with E-state index in [1.165, 1.54) is 11.1 Å². The van der Waals surface area contributed by atoms with Crippen LogP contribution in [0.1, 0.15) is 30.9 Å². The zero-order chi connectivity index (χ0) is 16.7. The maximum atomic E-state index is 4.79. The molecule has 0 saturated carbocycles. The highest BCUT2D eigenvalue weighted by atomic mass is 15.1. The van der Waals surface area contributed by atoms with Crippen LogP contribution in [0.3, 0.4) is 0 Å². The third-order valence-corrected chi connectivity index (χ3v) is 4.41. The normalized spacial score (nSPS) is 11.5. The Morgan fingerprint density at radius 2 is 1.88 bits per heavy atom. The lowest BCUT2D eigenvalue weighted by molar-refractivity contribution is 0.857. The van der Waals surface area contributed by atoms with Crippen molar-refractivity contribution in [2.45, 2.75) is 26.7 Å². The molecule has 4 heteroatoms. The van der Waals surface area contributed by atoms with E-state index < -0.39 is 0 Å². The molecule has 4 rings (SSSR count). The molecule has 4 aromatic rings. The van der Waals surface area contributed by atoms with Crippen molar-refractivity contribution in [1.82, 2.24) is 14.4 Å². The molecule has 2 heterocycles. The van der Waals surface area contributed by atoms with Gasteiger partial charge in [0, 0.05) is 5.69 Å². The Morgan fingerprint density at radius 3 is 2.67 bits per heavy atom. The molecule has 2 aromatic carbocycles. The van der Waals surface area contributed by atoms with Gasteiger partial charge in [0.2, 0.25) is 0 Å². The summed E-state index contributed by atoms with van der Waals surface area (Å²) in [6.07, 6.45) is 3.68. The van der Waals surface area contributed by atoms with E-state index in [1.54, 1.807) is 0 Å². The van der Waals surface area contributed by atoms with E-state index in [0.29, 0.717) is 5.92 Å². The molecule has 0 aliphatic rings. The first-order valence-electron chi connectivity index (χ1n) is 8.22. The number of fused-ring (bicyclic) bond motifs is 3. The molecule has 0 saturated heterocycles. The monoisotopic (exact) mass is 316 g/mol. The number of imidazole rings is 1. The van der Waals surface area contributed by atoms with E-state index in [0.717, 1.165) is 28.1 Å². The Bertz CT molecular complexity index is 1030. The molecule has 0 atom stereocenters. The van der Waals surface area contributed by atoms with Gasteiger partial charge in [-0.25, -0.2) is 9.97 Å². The predicted molar refractivity (Wildman–Crippen MR) is 99.0 cm³/mol. The van der Waals surface area contributed by atoms with Crippen LogP contribution >= 0.6 is 0 Å². The van der Waals surface area contributed by atoms with Crippen molar-refractivity contribution in [3.05, 3.63) is 66.1 Å². The molecule has 1 N–H and O–H groups in total. The fourth-order valence-corrected chi connectivity index (χ4v) is 3.23. The third kappa shape index (κ3) is 2.40. The SMILES string of the molecule is Cc1cc(Nc2nc3ccccc3n3cncc23)ccc1C(C)C. The van der Waals surface area contributed by atoms with Gasteiger partial charge in [0.05, 0.1) is 23.6 Å². The van der Waals surface area contributed by atoms with Gasteiger partial charge < -0.3 is 5.32 Å². The average Bonchev–Trinajstić information content (AvgIpc) is 3.05. The van der Waals surface area contributed by atoms with E-state index in [4.69, 9.17) is 4.98 Å². The molecule has 0 amide bonds. The molecule has 0 aliphatic carbocycles. The number of rotatable bonds is 3. The molecule has 120 valence electrons. The molecule has 0 radical (unpaired) electrons. The van der Waals surface area contributed by atoms with E-state index in [2.05, 4.69) is 59.7 Å². The summed E-state index contributed by atoms with van der Waals surface area (Å²) in [6, 6.07) is 14.6. The second kappa shape index (κ2) is 5.64. The van der Waals surface area contributed by atoms with E-state index >= 15 is 0 Å². The van der Waals surface area contributed by atoms with Crippen molar-refractivity contribution >= 4 is 28.1 Å². The van der Waals surface area contributed by atoms with Gasteiger partial charge in [-0.1, -0.05) is 32.0 Å². The number of aromatic nitrogens is 3. The Morgan fingerprint density at radius 1 is 1.04 bits per heavy atom. The Hall–Kier alpha value is -2.88. The summed E-state index contributed by atoms with van der Waals surface area (Å²) in [4.78, 5) is 9.08. The first kappa shape index (κ1) is 14.7. The summed E-state index contributed by atoms with van der Waals surface area (Å²) in [5.74, 6) is 1.35. The highest BCUT2D eigenvalue weighted by molar-refractivity contribution is 5.85. The van der Waals surface area contributed by atoms with E-state index in [1.807, 2.05) is 30.7 Å². The molecular weight excluding hydrogens is 296 g/mol. The Labute approximate surface area is 141 Å². The van der Waals surface area contributed by atoms with Gasteiger partial charge in [-0.15, -0.1) is 0 Å². The van der Waals surface area contributed by atoms with Crippen LogP contribution in [0.15, 0.2) is 55.0 Å². The maximum Gasteiger partial charge on any atom is 0.157 e. The van der Waals surface area contributed by atoms with Crippen LogP contribution in [0, 0.1) is 6.92 Å². The van der Waals surface area contributed by atoms with Crippen LogP contribution in [0.25, 0.3) is 16.6 Å². The minimum atomic E-state index is 0.527. The zero-order valence-electron chi connectivity index (χ0n) is 14.1. The van der Waals surface area contributed by atoms with Gasteiger partial charge in [-0.3, -0.25) is 4.40 Å². The van der Waals surface area contributed by atoms with E-state index in [9.17, 15) is 0 Å². The van der Waals surface area contributed by atoms with Crippen molar-refractivity contribution in [3.63, 3.8) is 0 Å². The lowest BCUT2D eigenvalue weighted by atomic mass is 9.98. The number of para-hydroxylation sites is 2. The zero-order valence-corrected chi connectivity index (χ0v) is 14.1. The lowest BCUT2D eigenvalue weighted by Gasteiger charge is -2.14.